The molecule has 0 spiro atoms. The number of ether oxygens (including phenoxy) is 1. The molecule has 196 valence electrons. The topological polar surface area (TPSA) is 114 Å². The maximum Gasteiger partial charge on any atom is 0.255 e. The molecular formula is C28H35N5O4. The molecule has 0 bridgehead atoms. The standard InChI is InChI=1S/C28H35N5O4/c1-4-20(2)26(25(34)18-29-13-8-15-33-16-14-30-19-33)32-28(36)23-11-5-6-12-24(23)31-27(35)21-9-7-10-22(17-21)37-3/h5-7,9-12,14,16-17,19-20,26,29H,4,8,13,15,18H2,1-3H3,(H,31,35)(H,32,36). The van der Waals surface area contributed by atoms with Gasteiger partial charge in [-0.1, -0.05) is 38.5 Å². The highest BCUT2D eigenvalue weighted by Crippen LogP contribution is 2.19. The van der Waals surface area contributed by atoms with E-state index in [9.17, 15) is 14.4 Å². The zero-order chi connectivity index (χ0) is 26.6. The molecule has 1 aromatic heterocycles. The average molecular weight is 506 g/mol. The van der Waals surface area contributed by atoms with Crippen molar-refractivity contribution >= 4 is 23.3 Å². The van der Waals surface area contributed by atoms with Gasteiger partial charge in [0.2, 0.25) is 0 Å². The Morgan fingerprint density at radius 3 is 2.62 bits per heavy atom. The Kier molecular flexibility index (Phi) is 10.4. The highest BCUT2D eigenvalue weighted by atomic mass is 16.5. The van der Waals surface area contributed by atoms with Crippen molar-refractivity contribution in [2.24, 2.45) is 5.92 Å². The molecular weight excluding hydrogens is 470 g/mol. The van der Waals surface area contributed by atoms with E-state index in [1.165, 1.54) is 7.11 Å². The third-order valence-electron chi connectivity index (χ3n) is 6.23. The molecule has 3 aromatic rings. The molecule has 3 rings (SSSR count). The molecule has 0 aliphatic rings. The van der Waals surface area contributed by atoms with E-state index in [-0.39, 0.29) is 29.7 Å². The molecule has 9 heteroatoms. The van der Waals surface area contributed by atoms with Crippen LogP contribution >= 0.6 is 0 Å². The Bertz CT molecular complexity index is 1180. The predicted molar refractivity (Wildman–Crippen MR) is 143 cm³/mol. The monoisotopic (exact) mass is 505 g/mol. The number of nitrogens with one attached hydrogen (secondary N) is 3. The number of aryl methyl sites for hydroxylation is 1. The summed E-state index contributed by atoms with van der Waals surface area (Å²) in [4.78, 5) is 43.1. The molecule has 9 nitrogen and oxygen atoms in total. The first kappa shape index (κ1) is 27.6. The first-order valence-corrected chi connectivity index (χ1v) is 12.5. The van der Waals surface area contributed by atoms with Gasteiger partial charge in [0.05, 0.1) is 37.3 Å². The molecule has 2 atom stereocenters. The Hall–Kier alpha value is -3.98. The van der Waals surface area contributed by atoms with Crippen LogP contribution in [-0.2, 0) is 11.3 Å². The predicted octanol–water partition coefficient (Wildman–Crippen LogP) is 3.54. The van der Waals surface area contributed by atoms with Crippen LogP contribution in [0, 0.1) is 5.92 Å². The summed E-state index contributed by atoms with van der Waals surface area (Å²) in [5.41, 5.74) is 1.05. The second-order valence-electron chi connectivity index (χ2n) is 8.87. The van der Waals surface area contributed by atoms with Gasteiger partial charge in [0.1, 0.15) is 5.75 Å². The minimum absolute atomic E-state index is 0.0530. The van der Waals surface area contributed by atoms with Crippen molar-refractivity contribution in [3.63, 3.8) is 0 Å². The van der Waals surface area contributed by atoms with Gasteiger partial charge in [-0.05, 0) is 49.2 Å². The number of para-hydroxylation sites is 1. The van der Waals surface area contributed by atoms with Crippen molar-refractivity contribution in [3.05, 3.63) is 78.4 Å². The van der Waals surface area contributed by atoms with E-state index in [2.05, 4.69) is 20.9 Å². The van der Waals surface area contributed by atoms with Crippen LogP contribution in [0.3, 0.4) is 0 Å². The molecule has 0 aliphatic carbocycles. The number of amides is 2. The van der Waals surface area contributed by atoms with E-state index in [1.807, 2.05) is 24.6 Å². The van der Waals surface area contributed by atoms with Gasteiger partial charge in [-0.25, -0.2) is 4.98 Å². The molecule has 2 unspecified atom stereocenters. The fraction of sp³-hybridized carbons (Fsp3) is 0.357. The second kappa shape index (κ2) is 13.9. The van der Waals surface area contributed by atoms with Gasteiger partial charge < -0.3 is 25.3 Å². The molecule has 2 amide bonds. The maximum absolute atomic E-state index is 13.3. The van der Waals surface area contributed by atoms with Gasteiger partial charge in [0.15, 0.2) is 5.78 Å². The highest BCUT2D eigenvalue weighted by molar-refractivity contribution is 6.09. The van der Waals surface area contributed by atoms with Crippen LogP contribution in [0.4, 0.5) is 5.69 Å². The Balaban J connectivity index is 1.62. The van der Waals surface area contributed by atoms with E-state index in [4.69, 9.17) is 4.74 Å². The summed E-state index contributed by atoms with van der Waals surface area (Å²) in [5.74, 6) is -0.358. The molecule has 0 saturated carbocycles. The van der Waals surface area contributed by atoms with E-state index in [1.54, 1.807) is 61.1 Å². The normalized spacial score (nSPS) is 12.4. The largest absolute Gasteiger partial charge is 0.497 e. The molecule has 0 fully saturated rings. The van der Waals surface area contributed by atoms with E-state index in [0.717, 1.165) is 19.4 Å². The molecule has 1 heterocycles. The Morgan fingerprint density at radius 1 is 1.08 bits per heavy atom. The number of aromatic nitrogens is 2. The van der Waals surface area contributed by atoms with Crippen molar-refractivity contribution in [3.8, 4) is 5.75 Å². The summed E-state index contributed by atoms with van der Waals surface area (Å²) < 4.78 is 7.17. The molecule has 0 aliphatic heterocycles. The minimum atomic E-state index is -0.652. The lowest BCUT2D eigenvalue weighted by Gasteiger charge is -2.24. The number of methoxy groups -OCH3 is 1. The van der Waals surface area contributed by atoms with Gasteiger partial charge in [-0.2, -0.15) is 0 Å². The van der Waals surface area contributed by atoms with E-state index < -0.39 is 11.9 Å². The van der Waals surface area contributed by atoms with E-state index >= 15 is 0 Å². The van der Waals surface area contributed by atoms with Crippen LogP contribution in [0.2, 0.25) is 0 Å². The number of rotatable bonds is 14. The first-order chi connectivity index (χ1) is 17.9. The van der Waals surface area contributed by atoms with Crippen LogP contribution in [-0.4, -0.2) is 53.4 Å². The Labute approximate surface area is 217 Å². The lowest BCUT2D eigenvalue weighted by atomic mass is 9.94. The molecule has 0 radical (unpaired) electrons. The van der Waals surface area contributed by atoms with Crippen molar-refractivity contribution in [2.45, 2.75) is 39.3 Å². The second-order valence-corrected chi connectivity index (χ2v) is 8.87. The SMILES string of the molecule is CCC(C)C(NC(=O)c1ccccc1NC(=O)c1cccc(OC)c1)C(=O)CNCCCn1ccnc1. The summed E-state index contributed by atoms with van der Waals surface area (Å²) in [6, 6.07) is 12.9. The van der Waals surface area contributed by atoms with Crippen molar-refractivity contribution in [2.75, 3.05) is 25.5 Å². The summed E-state index contributed by atoms with van der Waals surface area (Å²) in [7, 11) is 1.53. The number of carbonyl (C=O) groups excluding carboxylic acids is 3. The average Bonchev–Trinajstić information content (AvgIpc) is 3.44. The van der Waals surface area contributed by atoms with Crippen LogP contribution in [0.15, 0.2) is 67.3 Å². The Morgan fingerprint density at radius 2 is 1.89 bits per heavy atom. The fourth-order valence-electron chi connectivity index (χ4n) is 3.87. The molecule has 3 N–H and O–H groups in total. The van der Waals surface area contributed by atoms with Crippen LogP contribution in [0.5, 0.6) is 5.75 Å². The smallest absolute Gasteiger partial charge is 0.255 e. The van der Waals surface area contributed by atoms with Gasteiger partial charge in [-0.3, -0.25) is 14.4 Å². The maximum atomic E-state index is 13.3. The third kappa shape index (κ3) is 8.01. The number of hydrogen-bond donors (Lipinski definition) is 3. The number of carbonyl (C=O) groups is 3. The summed E-state index contributed by atoms with van der Waals surface area (Å²) in [6.45, 7) is 5.57. The van der Waals surface area contributed by atoms with Crippen LogP contribution < -0.4 is 20.7 Å². The number of anilines is 1. The number of Topliss-reactive ketones (excluding diaryl/α,β-unsaturated/α-hetero) is 1. The molecule has 0 saturated heterocycles. The van der Waals surface area contributed by atoms with Crippen molar-refractivity contribution in [1.82, 2.24) is 20.2 Å². The number of benzene rings is 2. The molecule has 37 heavy (non-hydrogen) atoms. The van der Waals surface area contributed by atoms with Gasteiger partial charge in [-0.15, -0.1) is 0 Å². The van der Waals surface area contributed by atoms with Crippen LogP contribution in [0.25, 0.3) is 0 Å². The molecule has 2 aromatic carbocycles. The third-order valence-corrected chi connectivity index (χ3v) is 6.23. The quantitative estimate of drug-likeness (QED) is 0.289. The number of nitrogens with zero attached hydrogens (tertiary/aromatic N) is 2. The van der Waals surface area contributed by atoms with Gasteiger partial charge in [0.25, 0.3) is 11.8 Å². The van der Waals surface area contributed by atoms with E-state index in [0.29, 0.717) is 23.5 Å². The van der Waals surface area contributed by atoms with Crippen molar-refractivity contribution < 1.29 is 19.1 Å². The van der Waals surface area contributed by atoms with Gasteiger partial charge >= 0.3 is 0 Å². The zero-order valence-corrected chi connectivity index (χ0v) is 21.6. The number of ketones is 1. The minimum Gasteiger partial charge on any atom is -0.497 e. The number of imidazole rings is 1. The summed E-state index contributed by atoms with van der Waals surface area (Å²) in [6.07, 6.45) is 6.97. The first-order valence-electron chi connectivity index (χ1n) is 12.5. The van der Waals surface area contributed by atoms with Crippen molar-refractivity contribution in [1.29, 1.82) is 0 Å². The van der Waals surface area contributed by atoms with Crippen LogP contribution in [0.1, 0.15) is 47.4 Å². The summed E-state index contributed by atoms with van der Waals surface area (Å²) >= 11 is 0. The summed E-state index contributed by atoms with van der Waals surface area (Å²) in [5, 5.41) is 8.90. The lowest BCUT2D eigenvalue weighted by Crippen LogP contribution is -2.48. The highest BCUT2D eigenvalue weighted by Gasteiger charge is 2.27. The van der Waals surface area contributed by atoms with Gasteiger partial charge in [0, 0.05) is 24.5 Å². The lowest BCUT2D eigenvalue weighted by molar-refractivity contribution is -0.121. The number of hydrogen-bond acceptors (Lipinski definition) is 6. The zero-order valence-electron chi connectivity index (χ0n) is 21.6. The fourth-order valence-corrected chi connectivity index (χ4v) is 3.87.